The first kappa shape index (κ1) is 18.1. The van der Waals surface area contributed by atoms with E-state index in [0.29, 0.717) is 0 Å². The SMILES string of the molecule is CC(NC(=O)[C@@H]1COc2cc(C(F)(F)F)ccc2O1)c1ccc2[nH]ncc2c1. The van der Waals surface area contributed by atoms with E-state index < -0.39 is 23.8 Å². The Balaban J connectivity index is 1.44. The topological polar surface area (TPSA) is 76.2 Å². The molecule has 0 aliphatic carbocycles. The molecule has 0 fully saturated rings. The summed E-state index contributed by atoms with van der Waals surface area (Å²) in [6.45, 7) is 1.65. The van der Waals surface area contributed by atoms with Gasteiger partial charge >= 0.3 is 6.18 Å². The zero-order chi connectivity index (χ0) is 19.9. The number of H-pyrrole nitrogens is 1. The van der Waals surface area contributed by atoms with E-state index in [-0.39, 0.29) is 24.1 Å². The summed E-state index contributed by atoms with van der Waals surface area (Å²) in [5, 5.41) is 10.6. The van der Waals surface area contributed by atoms with Crippen LogP contribution in [0.1, 0.15) is 24.1 Å². The number of ether oxygens (including phenoxy) is 2. The Hall–Kier alpha value is -3.23. The number of halogens is 3. The Morgan fingerprint density at radius 3 is 2.86 bits per heavy atom. The van der Waals surface area contributed by atoms with Gasteiger partial charge in [0.1, 0.15) is 6.61 Å². The van der Waals surface area contributed by atoms with Crippen molar-refractivity contribution in [2.24, 2.45) is 0 Å². The average Bonchev–Trinajstić information content (AvgIpc) is 3.14. The summed E-state index contributed by atoms with van der Waals surface area (Å²) in [6.07, 6.45) is -3.74. The Bertz CT molecular complexity index is 1030. The van der Waals surface area contributed by atoms with Gasteiger partial charge in [-0.25, -0.2) is 0 Å². The normalized spacial score (nSPS) is 17.4. The van der Waals surface area contributed by atoms with Crippen molar-refractivity contribution in [3.8, 4) is 11.5 Å². The number of benzene rings is 2. The van der Waals surface area contributed by atoms with Gasteiger partial charge in [-0.05, 0) is 42.8 Å². The van der Waals surface area contributed by atoms with Crippen molar-refractivity contribution in [2.45, 2.75) is 25.2 Å². The first-order valence-corrected chi connectivity index (χ1v) is 8.55. The number of rotatable bonds is 3. The second-order valence-electron chi connectivity index (χ2n) is 6.52. The third-order valence-corrected chi connectivity index (χ3v) is 4.55. The molecule has 1 amide bonds. The van der Waals surface area contributed by atoms with Crippen LogP contribution in [0.4, 0.5) is 13.2 Å². The maximum Gasteiger partial charge on any atom is 0.416 e. The molecule has 0 spiro atoms. The highest BCUT2D eigenvalue weighted by molar-refractivity contribution is 5.83. The van der Waals surface area contributed by atoms with Gasteiger partial charge in [-0.2, -0.15) is 18.3 Å². The van der Waals surface area contributed by atoms with Gasteiger partial charge in [-0.1, -0.05) is 6.07 Å². The van der Waals surface area contributed by atoms with Crippen molar-refractivity contribution in [1.29, 1.82) is 0 Å². The fourth-order valence-corrected chi connectivity index (χ4v) is 3.00. The van der Waals surface area contributed by atoms with Gasteiger partial charge in [-0.3, -0.25) is 9.89 Å². The van der Waals surface area contributed by atoms with E-state index >= 15 is 0 Å². The first-order valence-electron chi connectivity index (χ1n) is 8.55. The Morgan fingerprint density at radius 2 is 2.07 bits per heavy atom. The molecule has 1 unspecified atom stereocenters. The Morgan fingerprint density at radius 1 is 1.25 bits per heavy atom. The molecular formula is C19H16F3N3O3. The van der Waals surface area contributed by atoms with Gasteiger partial charge in [0.05, 0.1) is 23.3 Å². The monoisotopic (exact) mass is 391 g/mol. The van der Waals surface area contributed by atoms with Gasteiger partial charge in [0.2, 0.25) is 6.10 Å². The summed E-state index contributed by atoms with van der Waals surface area (Å²) >= 11 is 0. The molecule has 1 aliphatic rings. The lowest BCUT2D eigenvalue weighted by Gasteiger charge is -2.27. The summed E-state index contributed by atoms with van der Waals surface area (Å²) in [6, 6.07) is 8.28. The molecule has 6 nitrogen and oxygen atoms in total. The van der Waals surface area contributed by atoms with Crippen LogP contribution in [0.15, 0.2) is 42.6 Å². The van der Waals surface area contributed by atoms with E-state index in [2.05, 4.69) is 15.5 Å². The first-order chi connectivity index (χ1) is 13.3. The van der Waals surface area contributed by atoms with Crippen LogP contribution in [0.5, 0.6) is 11.5 Å². The zero-order valence-electron chi connectivity index (χ0n) is 14.7. The number of hydrogen-bond acceptors (Lipinski definition) is 4. The van der Waals surface area contributed by atoms with Crippen molar-refractivity contribution in [3.63, 3.8) is 0 Å². The number of nitrogens with one attached hydrogen (secondary N) is 2. The molecular weight excluding hydrogens is 375 g/mol. The summed E-state index contributed by atoms with van der Waals surface area (Å²) in [5.74, 6) is -0.338. The van der Waals surface area contributed by atoms with Gasteiger partial charge in [0.25, 0.3) is 5.91 Å². The van der Waals surface area contributed by atoms with Crippen molar-refractivity contribution >= 4 is 16.8 Å². The number of hydrogen-bond donors (Lipinski definition) is 2. The Kier molecular flexibility index (Phi) is 4.37. The smallest absolute Gasteiger partial charge is 0.416 e. The van der Waals surface area contributed by atoms with E-state index in [1.807, 2.05) is 25.1 Å². The lowest BCUT2D eigenvalue weighted by atomic mass is 10.1. The predicted molar refractivity (Wildman–Crippen MR) is 94.0 cm³/mol. The number of amides is 1. The molecule has 2 atom stereocenters. The van der Waals surface area contributed by atoms with Gasteiger partial charge < -0.3 is 14.8 Å². The molecule has 1 aliphatic heterocycles. The van der Waals surface area contributed by atoms with E-state index in [0.717, 1.165) is 34.7 Å². The molecule has 4 rings (SSSR count). The molecule has 2 N–H and O–H groups in total. The maximum absolute atomic E-state index is 12.8. The highest BCUT2D eigenvalue weighted by Crippen LogP contribution is 2.38. The number of aromatic nitrogens is 2. The van der Waals surface area contributed by atoms with Crippen LogP contribution in [0.3, 0.4) is 0 Å². The molecule has 0 saturated carbocycles. The Labute approximate surface area is 157 Å². The molecule has 28 heavy (non-hydrogen) atoms. The van der Waals surface area contributed by atoms with E-state index in [4.69, 9.17) is 9.47 Å². The summed E-state index contributed by atoms with van der Waals surface area (Å²) in [5.41, 5.74) is 0.941. The average molecular weight is 391 g/mol. The minimum atomic E-state index is -4.47. The van der Waals surface area contributed by atoms with Crippen LogP contribution < -0.4 is 14.8 Å². The van der Waals surface area contributed by atoms with Crippen molar-refractivity contribution in [1.82, 2.24) is 15.5 Å². The molecule has 0 bridgehead atoms. The fourth-order valence-electron chi connectivity index (χ4n) is 3.00. The van der Waals surface area contributed by atoms with Crippen LogP contribution >= 0.6 is 0 Å². The van der Waals surface area contributed by atoms with Crippen LogP contribution in [0, 0.1) is 0 Å². The van der Waals surface area contributed by atoms with Gasteiger partial charge in [0, 0.05) is 5.39 Å². The number of nitrogens with zero attached hydrogens (tertiary/aromatic N) is 1. The van der Waals surface area contributed by atoms with Gasteiger partial charge in [0.15, 0.2) is 11.5 Å². The molecule has 146 valence electrons. The standard InChI is InChI=1S/C19H16F3N3O3/c1-10(11-2-4-14-12(6-11)8-23-25-14)24-18(26)17-9-27-16-7-13(19(20,21)22)3-5-15(16)28-17/h2-8,10,17H,9H2,1H3,(H,23,25)(H,24,26)/t10?,17-/m0/s1. The van der Waals surface area contributed by atoms with Crippen molar-refractivity contribution < 1.29 is 27.4 Å². The van der Waals surface area contributed by atoms with Crippen molar-refractivity contribution in [2.75, 3.05) is 6.61 Å². The molecule has 0 saturated heterocycles. The number of carbonyl (C=O) groups excluding carboxylic acids is 1. The predicted octanol–water partition coefficient (Wildman–Crippen LogP) is 3.60. The minimum Gasteiger partial charge on any atom is -0.485 e. The largest absolute Gasteiger partial charge is 0.485 e. The number of carbonyl (C=O) groups is 1. The lowest BCUT2D eigenvalue weighted by molar-refractivity contribution is -0.138. The minimum absolute atomic E-state index is 0.0302. The molecule has 9 heteroatoms. The van der Waals surface area contributed by atoms with Crippen molar-refractivity contribution in [3.05, 3.63) is 53.7 Å². The highest BCUT2D eigenvalue weighted by Gasteiger charge is 2.34. The number of alkyl halides is 3. The lowest BCUT2D eigenvalue weighted by Crippen LogP contribution is -2.44. The fraction of sp³-hybridized carbons (Fsp3) is 0.263. The number of fused-ring (bicyclic) bond motifs is 2. The zero-order valence-corrected chi connectivity index (χ0v) is 14.7. The second-order valence-corrected chi connectivity index (χ2v) is 6.52. The molecule has 3 aromatic rings. The van der Waals surface area contributed by atoms with Gasteiger partial charge in [-0.15, -0.1) is 0 Å². The van der Waals surface area contributed by atoms with E-state index in [9.17, 15) is 18.0 Å². The van der Waals surface area contributed by atoms with Crippen LogP contribution in [0.2, 0.25) is 0 Å². The van der Waals surface area contributed by atoms with Crippen LogP contribution in [-0.4, -0.2) is 28.8 Å². The highest BCUT2D eigenvalue weighted by atomic mass is 19.4. The molecule has 0 radical (unpaired) electrons. The summed E-state index contributed by atoms with van der Waals surface area (Å²) < 4.78 is 49.2. The van der Waals surface area contributed by atoms with Crippen LogP contribution in [0.25, 0.3) is 10.9 Å². The molecule has 2 aromatic carbocycles. The molecule has 1 aromatic heterocycles. The second kappa shape index (κ2) is 6.74. The third kappa shape index (κ3) is 3.47. The summed E-state index contributed by atoms with van der Waals surface area (Å²) in [7, 11) is 0. The summed E-state index contributed by atoms with van der Waals surface area (Å²) in [4.78, 5) is 12.5. The van der Waals surface area contributed by atoms with E-state index in [1.54, 1.807) is 6.20 Å². The van der Waals surface area contributed by atoms with E-state index in [1.165, 1.54) is 0 Å². The quantitative estimate of drug-likeness (QED) is 0.715. The number of aromatic amines is 1. The molecule has 2 heterocycles. The third-order valence-electron chi connectivity index (χ3n) is 4.55. The maximum atomic E-state index is 12.8. The van der Waals surface area contributed by atoms with Crippen LogP contribution in [-0.2, 0) is 11.0 Å².